The van der Waals surface area contributed by atoms with Crippen LogP contribution in [0.5, 0.6) is 0 Å². The van der Waals surface area contributed by atoms with Crippen molar-refractivity contribution in [3.8, 4) is 0 Å². The average molecular weight is 310 g/mol. The fourth-order valence-electron chi connectivity index (χ4n) is 2.72. The SMILES string of the molecule is CCNC(CCN1CCS(=O)(=O)CC1)c1ccc(C)cc1. The number of rotatable bonds is 6. The Hall–Kier alpha value is -0.910. The molecule has 5 heteroatoms. The molecule has 1 aliphatic heterocycles. The predicted molar refractivity (Wildman–Crippen MR) is 87.3 cm³/mol. The van der Waals surface area contributed by atoms with Gasteiger partial charge in [0.2, 0.25) is 0 Å². The number of benzene rings is 1. The standard InChI is InChI=1S/C16H26N2O2S/c1-3-17-16(15-6-4-14(2)5-7-15)8-9-18-10-12-21(19,20)13-11-18/h4-7,16-17H,3,8-13H2,1-2H3. The lowest BCUT2D eigenvalue weighted by Crippen LogP contribution is -2.41. The number of nitrogens with zero attached hydrogens (tertiary/aromatic N) is 1. The summed E-state index contributed by atoms with van der Waals surface area (Å²) in [7, 11) is -2.78. The Morgan fingerprint density at radius 3 is 2.38 bits per heavy atom. The largest absolute Gasteiger partial charge is 0.310 e. The van der Waals surface area contributed by atoms with Gasteiger partial charge in [-0.15, -0.1) is 0 Å². The van der Waals surface area contributed by atoms with Crippen molar-refractivity contribution in [3.05, 3.63) is 35.4 Å². The molecule has 0 radical (unpaired) electrons. The first-order chi connectivity index (χ1) is 10.00. The van der Waals surface area contributed by atoms with Gasteiger partial charge in [-0.25, -0.2) is 8.42 Å². The number of aryl methyl sites for hydroxylation is 1. The van der Waals surface area contributed by atoms with E-state index in [-0.39, 0.29) is 0 Å². The molecular weight excluding hydrogens is 284 g/mol. The lowest BCUT2D eigenvalue weighted by Gasteiger charge is -2.28. The summed E-state index contributed by atoms with van der Waals surface area (Å²) < 4.78 is 22.9. The van der Waals surface area contributed by atoms with Crippen LogP contribution in [0.3, 0.4) is 0 Å². The minimum Gasteiger partial charge on any atom is -0.310 e. The number of hydrogen-bond donors (Lipinski definition) is 1. The maximum Gasteiger partial charge on any atom is 0.152 e. The Balaban J connectivity index is 1.90. The van der Waals surface area contributed by atoms with Gasteiger partial charge in [0.05, 0.1) is 11.5 Å². The molecule has 1 N–H and O–H groups in total. The number of nitrogens with one attached hydrogen (secondary N) is 1. The molecule has 1 aromatic rings. The highest BCUT2D eigenvalue weighted by atomic mass is 32.2. The van der Waals surface area contributed by atoms with Crippen molar-refractivity contribution in [3.63, 3.8) is 0 Å². The first-order valence-electron chi connectivity index (χ1n) is 7.73. The molecule has 0 aromatic heterocycles. The summed E-state index contributed by atoms with van der Waals surface area (Å²) in [5.74, 6) is 0.618. The van der Waals surface area contributed by atoms with Crippen LogP contribution in [-0.4, -0.2) is 51.0 Å². The maximum atomic E-state index is 11.5. The number of sulfone groups is 1. The van der Waals surface area contributed by atoms with Crippen molar-refractivity contribution >= 4 is 9.84 Å². The van der Waals surface area contributed by atoms with Crippen LogP contribution in [0.1, 0.15) is 30.5 Å². The smallest absolute Gasteiger partial charge is 0.152 e. The molecule has 1 saturated heterocycles. The molecule has 1 aliphatic rings. The van der Waals surface area contributed by atoms with Gasteiger partial charge in [0.1, 0.15) is 0 Å². The molecule has 1 heterocycles. The monoisotopic (exact) mass is 310 g/mol. The van der Waals surface area contributed by atoms with Gasteiger partial charge in [0.15, 0.2) is 9.84 Å². The van der Waals surface area contributed by atoms with Gasteiger partial charge in [0.25, 0.3) is 0 Å². The van der Waals surface area contributed by atoms with Crippen molar-refractivity contribution in [2.24, 2.45) is 0 Å². The Morgan fingerprint density at radius 1 is 1.19 bits per heavy atom. The average Bonchev–Trinajstić information content (AvgIpc) is 2.46. The van der Waals surface area contributed by atoms with E-state index in [1.54, 1.807) is 0 Å². The molecule has 2 rings (SSSR count). The molecule has 1 atom stereocenters. The summed E-state index contributed by atoms with van der Waals surface area (Å²) in [5, 5.41) is 3.53. The third-order valence-corrected chi connectivity index (χ3v) is 5.71. The third kappa shape index (κ3) is 5.09. The normalized spacial score (nSPS) is 20.3. The third-order valence-electron chi connectivity index (χ3n) is 4.10. The van der Waals surface area contributed by atoms with Gasteiger partial charge < -0.3 is 10.2 Å². The zero-order valence-electron chi connectivity index (χ0n) is 13.0. The van der Waals surface area contributed by atoms with Crippen LogP contribution in [0.4, 0.5) is 0 Å². The molecular formula is C16H26N2O2S. The summed E-state index contributed by atoms with van der Waals surface area (Å²) in [6.45, 7) is 7.45. The Kier molecular flexibility index (Phi) is 5.79. The van der Waals surface area contributed by atoms with E-state index < -0.39 is 9.84 Å². The summed E-state index contributed by atoms with van der Waals surface area (Å²) in [6, 6.07) is 9.00. The van der Waals surface area contributed by atoms with Crippen LogP contribution in [0.25, 0.3) is 0 Å². The molecule has 0 spiro atoms. The molecule has 1 unspecified atom stereocenters. The zero-order chi connectivity index (χ0) is 15.3. The Labute approximate surface area is 128 Å². The summed E-state index contributed by atoms with van der Waals surface area (Å²) in [6.07, 6.45) is 1.01. The van der Waals surface area contributed by atoms with Crippen molar-refractivity contribution in [1.29, 1.82) is 0 Å². The molecule has 21 heavy (non-hydrogen) atoms. The fraction of sp³-hybridized carbons (Fsp3) is 0.625. The quantitative estimate of drug-likeness (QED) is 0.870. The molecule has 4 nitrogen and oxygen atoms in total. The minimum absolute atomic E-state index is 0.309. The highest BCUT2D eigenvalue weighted by molar-refractivity contribution is 7.91. The molecule has 0 bridgehead atoms. The second kappa shape index (κ2) is 7.38. The fourth-order valence-corrected chi connectivity index (χ4v) is 3.99. The molecule has 0 aliphatic carbocycles. The molecule has 1 aromatic carbocycles. The van der Waals surface area contributed by atoms with E-state index in [0.717, 1.165) is 19.5 Å². The van der Waals surface area contributed by atoms with Gasteiger partial charge in [0, 0.05) is 25.7 Å². The second-order valence-electron chi connectivity index (χ2n) is 5.80. The van der Waals surface area contributed by atoms with E-state index in [0.29, 0.717) is 30.6 Å². The summed E-state index contributed by atoms with van der Waals surface area (Å²) in [5.41, 5.74) is 2.59. The molecule has 1 fully saturated rings. The van der Waals surface area contributed by atoms with E-state index >= 15 is 0 Å². The first kappa shape index (κ1) is 16.5. The van der Waals surface area contributed by atoms with Gasteiger partial charge in [-0.1, -0.05) is 36.8 Å². The van der Waals surface area contributed by atoms with Crippen LogP contribution >= 0.6 is 0 Å². The van der Waals surface area contributed by atoms with Gasteiger partial charge >= 0.3 is 0 Å². The van der Waals surface area contributed by atoms with Gasteiger partial charge in [-0.3, -0.25) is 0 Å². The summed E-state index contributed by atoms with van der Waals surface area (Å²) >= 11 is 0. The predicted octanol–water partition coefficient (Wildman–Crippen LogP) is 1.77. The van der Waals surface area contributed by atoms with Crippen molar-refractivity contribution in [2.45, 2.75) is 26.3 Å². The van der Waals surface area contributed by atoms with Crippen LogP contribution < -0.4 is 5.32 Å². The topological polar surface area (TPSA) is 49.4 Å². The second-order valence-corrected chi connectivity index (χ2v) is 8.11. The van der Waals surface area contributed by atoms with Crippen LogP contribution in [0.2, 0.25) is 0 Å². The zero-order valence-corrected chi connectivity index (χ0v) is 13.8. The molecule has 0 saturated carbocycles. The highest BCUT2D eigenvalue weighted by Crippen LogP contribution is 2.18. The van der Waals surface area contributed by atoms with Gasteiger partial charge in [-0.05, 0) is 25.5 Å². The molecule has 118 valence electrons. The minimum atomic E-state index is -2.78. The Morgan fingerprint density at radius 2 is 1.81 bits per heavy atom. The van der Waals surface area contributed by atoms with Gasteiger partial charge in [-0.2, -0.15) is 0 Å². The van der Waals surface area contributed by atoms with Crippen LogP contribution in [0.15, 0.2) is 24.3 Å². The summed E-state index contributed by atoms with van der Waals surface area (Å²) in [4.78, 5) is 2.26. The lowest BCUT2D eigenvalue weighted by atomic mass is 10.0. The maximum absolute atomic E-state index is 11.5. The lowest BCUT2D eigenvalue weighted by molar-refractivity contribution is 0.276. The Bertz CT molecular complexity index is 526. The number of hydrogen-bond acceptors (Lipinski definition) is 4. The van der Waals surface area contributed by atoms with Crippen molar-refractivity contribution in [2.75, 3.05) is 37.7 Å². The van der Waals surface area contributed by atoms with Crippen LogP contribution in [0, 0.1) is 6.92 Å². The van der Waals surface area contributed by atoms with E-state index in [1.807, 2.05) is 0 Å². The molecule has 0 amide bonds. The van der Waals surface area contributed by atoms with E-state index in [2.05, 4.69) is 48.3 Å². The van der Waals surface area contributed by atoms with Crippen LogP contribution in [-0.2, 0) is 9.84 Å². The first-order valence-corrected chi connectivity index (χ1v) is 9.55. The van der Waals surface area contributed by atoms with Crippen molar-refractivity contribution < 1.29 is 8.42 Å². The van der Waals surface area contributed by atoms with E-state index in [9.17, 15) is 8.42 Å². The van der Waals surface area contributed by atoms with E-state index in [4.69, 9.17) is 0 Å². The highest BCUT2D eigenvalue weighted by Gasteiger charge is 2.22. The van der Waals surface area contributed by atoms with Crippen molar-refractivity contribution in [1.82, 2.24) is 10.2 Å². The van der Waals surface area contributed by atoms with E-state index in [1.165, 1.54) is 11.1 Å².